The topological polar surface area (TPSA) is 48.1 Å². The van der Waals surface area contributed by atoms with Crippen LogP contribution in [0.25, 0.3) is 0 Å². The Kier molecular flexibility index (Phi) is 4.37. The van der Waals surface area contributed by atoms with Crippen molar-refractivity contribution in [2.45, 2.75) is 19.1 Å². The predicted octanol–water partition coefficient (Wildman–Crippen LogP) is 2.52. The number of rotatable bonds is 4. The van der Waals surface area contributed by atoms with Gasteiger partial charge >= 0.3 is 6.18 Å². The first-order chi connectivity index (χ1) is 7.42. The van der Waals surface area contributed by atoms with Crippen LogP contribution >= 0.6 is 11.6 Å². The van der Waals surface area contributed by atoms with E-state index in [0.29, 0.717) is 10.7 Å². The molecule has 0 aliphatic carbocycles. The van der Waals surface area contributed by atoms with Crippen LogP contribution in [0, 0.1) is 0 Å². The van der Waals surface area contributed by atoms with E-state index in [-0.39, 0.29) is 12.4 Å². The van der Waals surface area contributed by atoms with Crippen LogP contribution < -0.4 is 10.5 Å². The van der Waals surface area contributed by atoms with Crippen molar-refractivity contribution in [3.05, 3.63) is 22.8 Å². The lowest BCUT2D eigenvalue weighted by Crippen LogP contribution is -2.13. The molecule has 0 bridgehead atoms. The normalized spacial score (nSPS) is 11.6. The maximum Gasteiger partial charge on any atom is 0.392 e. The second-order valence-corrected chi connectivity index (χ2v) is 3.40. The average Bonchev–Trinajstić information content (AvgIpc) is 2.18. The highest BCUT2D eigenvalue weighted by atomic mass is 35.5. The molecule has 2 N–H and O–H groups in total. The summed E-state index contributed by atoms with van der Waals surface area (Å²) >= 11 is 5.72. The summed E-state index contributed by atoms with van der Waals surface area (Å²) < 4.78 is 40.3. The Morgan fingerprint density at radius 1 is 1.38 bits per heavy atom. The molecule has 0 unspecified atom stereocenters. The van der Waals surface area contributed by atoms with Gasteiger partial charge < -0.3 is 10.5 Å². The first-order valence-corrected chi connectivity index (χ1v) is 4.85. The number of aromatic nitrogens is 1. The van der Waals surface area contributed by atoms with E-state index in [4.69, 9.17) is 22.1 Å². The van der Waals surface area contributed by atoms with Crippen molar-refractivity contribution in [1.82, 2.24) is 4.98 Å². The number of nitrogens with two attached hydrogens (primary N) is 1. The number of hydrogen-bond donors (Lipinski definition) is 1. The molecule has 1 aromatic heterocycles. The predicted molar refractivity (Wildman–Crippen MR) is 53.3 cm³/mol. The second-order valence-electron chi connectivity index (χ2n) is 3.00. The third kappa shape index (κ3) is 4.24. The van der Waals surface area contributed by atoms with Crippen molar-refractivity contribution in [2.75, 3.05) is 6.61 Å². The number of ether oxygens (including phenoxy) is 1. The molecule has 0 aromatic carbocycles. The molecule has 3 nitrogen and oxygen atoms in total. The van der Waals surface area contributed by atoms with Gasteiger partial charge in [0.05, 0.1) is 23.7 Å². The molecule has 0 fully saturated rings. The van der Waals surface area contributed by atoms with E-state index in [2.05, 4.69) is 4.98 Å². The number of nitrogens with zero attached hydrogens (tertiary/aromatic N) is 1. The van der Waals surface area contributed by atoms with Crippen LogP contribution in [0.3, 0.4) is 0 Å². The Labute approximate surface area is 95.4 Å². The quantitative estimate of drug-likeness (QED) is 0.898. The fourth-order valence-corrected chi connectivity index (χ4v) is 1.14. The molecule has 1 aromatic rings. The zero-order valence-electron chi connectivity index (χ0n) is 8.22. The van der Waals surface area contributed by atoms with Crippen LogP contribution in [-0.4, -0.2) is 17.8 Å². The van der Waals surface area contributed by atoms with Gasteiger partial charge in [-0.2, -0.15) is 13.2 Å². The molecule has 90 valence electrons. The summed E-state index contributed by atoms with van der Waals surface area (Å²) in [7, 11) is 0. The zero-order chi connectivity index (χ0) is 12.2. The number of alkyl halides is 3. The maximum atomic E-state index is 11.8. The molecule has 1 heterocycles. The molecule has 16 heavy (non-hydrogen) atoms. The molecule has 0 spiro atoms. The summed E-state index contributed by atoms with van der Waals surface area (Å²) in [5.41, 5.74) is 5.73. The van der Waals surface area contributed by atoms with E-state index in [0.717, 1.165) is 0 Å². The van der Waals surface area contributed by atoms with Gasteiger partial charge in [0, 0.05) is 12.6 Å². The second kappa shape index (κ2) is 5.36. The molecule has 0 aliphatic rings. The molecule has 7 heteroatoms. The minimum atomic E-state index is -4.23. The fraction of sp³-hybridized carbons (Fsp3) is 0.444. The summed E-state index contributed by atoms with van der Waals surface area (Å²) in [4.78, 5) is 3.86. The van der Waals surface area contributed by atoms with Crippen molar-refractivity contribution < 1.29 is 17.9 Å². The molecular formula is C9H10ClF3N2O. The van der Waals surface area contributed by atoms with E-state index >= 15 is 0 Å². The minimum absolute atomic E-state index is 0.0918. The van der Waals surface area contributed by atoms with E-state index in [1.165, 1.54) is 12.1 Å². The fourth-order valence-electron chi connectivity index (χ4n) is 0.959. The Bertz CT molecular complexity index is 357. The minimum Gasteiger partial charge on any atom is -0.477 e. The van der Waals surface area contributed by atoms with Crippen molar-refractivity contribution in [3.8, 4) is 5.88 Å². The van der Waals surface area contributed by atoms with Crippen LogP contribution in [0.5, 0.6) is 5.88 Å². The van der Waals surface area contributed by atoms with Crippen LogP contribution in [0.1, 0.15) is 12.1 Å². The number of hydrogen-bond acceptors (Lipinski definition) is 3. The van der Waals surface area contributed by atoms with E-state index in [1.54, 1.807) is 0 Å². The van der Waals surface area contributed by atoms with Gasteiger partial charge in [0.1, 0.15) is 0 Å². The summed E-state index contributed by atoms with van der Waals surface area (Å²) in [5, 5.41) is 0.366. The van der Waals surface area contributed by atoms with Crippen molar-refractivity contribution in [1.29, 1.82) is 0 Å². The lowest BCUT2D eigenvalue weighted by molar-refractivity contribution is -0.139. The molecular weight excluding hydrogens is 245 g/mol. The zero-order valence-corrected chi connectivity index (χ0v) is 8.98. The molecule has 0 radical (unpaired) electrons. The SMILES string of the molecule is NCc1nc(OCCC(F)(F)F)ccc1Cl. The van der Waals surface area contributed by atoms with Gasteiger partial charge in [-0.3, -0.25) is 0 Å². The number of halogens is 4. The summed E-state index contributed by atoms with van der Waals surface area (Å²) in [5.74, 6) is 0.0918. The summed E-state index contributed by atoms with van der Waals surface area (Å²) in [6.07, 6.45) is -5.25. The molecule has 1 rings (SSSR count). The lowest BCUT2D eigenvalue weighted by Gasteiger charge is -2.09. The van der Waals surface area contributed by atoms with Gasteiger partial charge in [-0.15, -0.1) is 0 Å². The van der Waals surface area contributed by atoms with Gasteiger partial charge in [-0.05, 0) is 6.07 Å². The molecule has 0 aliphatic heterocycles. The van der Waals surface area contributed by atoms with Crippen LogP contribution in [0.2, 0.25) is 5.02 Å². The Morgan fingerprint density at radius 3 is 2.62 bits per heavy atom. The Hall–Kier alpha value is -1.01. The van der Waals surface area contributed by atoms with Crippen molar-refractivity contribution >= 4 is 11.6 Å². The molecule has 0 saturated carbocycles. The smallest absolute Gasteiger partial charge is 0.392 e. The van der Waals surface area contributed by atoms with Gasteiger partial charge in [0.25, 0.3) is 0 Å². The molecule has 0 atom stereocenters. The Balaban J connectivity index is 2.55. The molecule has 0 amide bonds. The highest BCUT2D eigenvalue weighted by Gasteiger charge is 2.26. The summed E-state index contributed by atoms with van der Waals surface area (Å²) in [6, 6.07) is 2.89. The average molecular weight is 255 g/mol. The largest absolute Gasteiger partial charge is 0.477 e. The third-order valence-electron chi connectivity index (χ3n) is 1.72. The highest BCUT2D eigenvalue weighted by Crippen LogP contribution is 2.21. The summed E-state index contributed by atoms with van der Waals surface area (Å²) in [6.45, 7) is -0.364. The van der Waals surface area contributed by atoms with E-state index in [9.17, 15) is 13.2 Å². The monoisotopic (exact) mass is 254 g/mol. The third-order valence-corrected chi connectivity index (χ3v) is 2.07. The van der Waals surface area contributed by atoms with Crippen molar-refractivity contribution in [2.24, 2.45) is 5.73 Å². The maximum absolute atomic E-state index is 11.8. The van der Waals surface area contributed by atoms with E-state index in [1.807, 2.05) is 0 Å². The number of pyridine rings is 1. The van der Waals surface area contributed by atoms with Gasteiger partial charge in [-0.1, -0.05) is 11.6 Å². The van der Waals surface area contributed by atoms with Gasteiger partial charge in [0.2, 0.25) is 5.88 Å². The van der Waals surface area contributed by atoms with Crippen LogP contribution in [0.15, 0.2) is 12.1 Å². The standard InChI is InChI=1S/C9H10ClF3N2O/c10-6-1-2-8(15-7(6)5-14)16-4-3-9(11,12)13/h1-2H,3-5,14H2. The van der Waals surface area contributed by atoms with Crippen LogP contribution in [0.4, 0.5) is 13.2 Å². The first-order valence-electron chi connectivity index (χ1n) is 4.47. The Morgan fingerprint density at radius 2 is 2.06 bits per heavy atom. The van der Waals surface area contributed by atoms with Crippen LogP contribution in [-0.2, 0) is 6.54 Å². The van der Waals surface area contributed by atoms with Gasteiger partial charge in [-0.25, -0.2) is 4.98 Å². The van der Waals surface area contributed by atoms with Crippen molar-refractivity contribution in [3.63, 3.8) is 0 Å². The van der Waals surface area contributed by atoms with E-state index < -0.39 is 19.2 Å². The highest BCUT2D eigenvalue weighted by molar-refractivity contribution is 6.31. The molecule has 0 saturated heterocycles. The van der Waals surface area contributed by atoms with Gasteiger partial charge in [0.15, 0.2) is 0 Å². The lowest BCUT2D eigenvalue weighted by atomic mass is 10.3. The first kappa shape index (κ1) is 13.1.